The highest BCUT2D eigenvalue weighted by Crippen LogP contribution is 2.33. The number of aliphatic hydroxyl groups excluding tert-OH is 2. The Hall–Kier alpha value is -3.28. The first kappa shape index (κ1) is 23.9. The molecule has 180 valence electrons. The summed E-state index contributed by atoms with van der Waals surface area (Å²) in [5, 5.41) is 30.5. The van der Waals surface area contributed by atoms with Gasteiger partial charge in [0.2, 0.25) is 10.0 Å². The fourth-order valence-corrected chi connectivity index (χ4v) is 5.00. The zero-order valence-electron chi connectivity index (χ0n) is 18.2. The van der Waals surface area contributed by atoms with Crippen LogP contribution in [0.15, 0.2) is 41.7 Å². The van der Waals surface area contributed by atoms with E-state index in [1.165, 1.54) is 36.2 Å². The lowest BCUT2D eigenvalue weighted by molar-refractivity contribution is -0.0326. The number of nitrogens with one attached hydrogen (secondary N) is 1. The first-order valence-corrected chi connectivity index (χ1v) is 11.9. The van der Waals surface area contributed by atoms with Crippen molar-refractivity contribution in [2.45, 2.75) is 42.3 Å². The van der Waals surface area contributed by atoms with E-state index in [9.17, 15) is 18.6 Å². The topological polar surface area (TPSA) is 186 Å². The Balaban J connectivity index is 1.50. The Labute approximate surface area is 195 Å². The Morgan fingerprint density at radius 1 is 1.29 bits per heavy atom. The van der Waals surface area contributed by atoms with Crippen LogP contribution in [0.2, 0.25) is 0 Å². The molecular formula is C21H24N6O6S. The number of sulfonamides is 1. The molecule has 1 fully saturated rings. The Kier molecular flexibility index (Phi) is 6.69. The summed E-state index contributed by atoms with van der Waals surface area (Å²) >= 11 is 0. The van der Waals surface area contributed by atoms with Crippen molar-refractivity contribution in [1.82, 2.24) is 19.3 Å². The summed E-state index contributed by atoms with van der Waals surface area (Å²) < 4.78 is 40.7. The number of hydrogen-bond donors (Lipinski definition) is 4. The summed E-state index contributed by atoms with van der Waals surface area (Å²) in [7, 11) is -2.51. The molecule has 3 aromatic rings. The molecule has 34 heavy (non-hydrogen) atoms. The first-order valence-electron chi connectivity index (χ1n) is 10.4. The number of nitrogen functional groups attached to an aromatic ring is 1. The van der Waals surface area contributed by atoms with Gasteiger partial charge < -0.3 is 30.0 Å². The minimum Gasteiger partial charge on any atom is -0.496 e. The number of aliphatic hydroxyl groups is 2. The van der Waals surface area contributed by atoms with Crippen molar-refractivity contribution < 1.29 is 28.1 Å². The predicted octanol–water partition coefficient (Wildman–Crippen LogP) is 0.0760. The molecule has 1 aliphatic heterocycles. The quantitative estimate of drug-likeness (QED) is 0.338. The third-order valence-electron chi connectivity index (χ3n) is 5.69. The van der Waals surface area contributed by atoms with E-state index in [2.05, 4.69) is 14.7 Å². The van der Waals surface area contributed by atoms with Crippen molar-refractivity contribution in [2.24, 2.45) is 0 Å². The number of methoxy groups -OCH3 is 1. The molecule has 4 rings (SSSR count). The SMILES string of the molecule is COc1ccc(S(=O)(=O)NC[C@H]2O[C@@H](n3ccc4c(N)ncnc43)[C@H](O)[C@@H]2O)cc1CCC#N. The smallest absolute Gasteiger partial charge is 0.240 e. The molecule has 1 aliphatic rings. The highest BCUT2D eigenvalue weighted by molar-refractivity contribution is 7.89. The van der Waals surface area contributed by atoms with Gasteiger partial charge in [0, 0.05) is 19.2 Å². The molecule has 3 heterocycles. The van der Waals surface area contributed by atoms with Gasteiger partial charge in [-0.3, -0.25) is 0 Å². The molecular weight excluding hydrogens is 464 g/mol. The zero-order chi connectivity index (χ0) is 24.5. The highest BCUT2D eigenvalue weighted by Gasteiger charge is 2.44. The molecule has 0 bridgehead atoms. The molecule has 1 aromatic carbocycles. The summed E-state index contributed by atoms with van der Waals surface area (Å²) in [5.41, 5.74) is 6.84. The van der Waals surface area contributed by atoms with Crippen LogP contribution in [-0.4, -0.2) is 65.1 Å². The zero-order valence-corrected chi connectivity index (χ0v) is 19.0. The van der Waals surface area contributed by atoms with Gasteiger partial charge in [0.25, 0.3) is 0 Å². The number of ether oxygens (including phenoxy) is 2. The van der Waals surface area contributed by atoms with Crippen LogP contribution in [0.1, 0.15) is 18.2 Å². The number of anilines is 1. The number of benzene rings is 1. The lowest BCUT2D eigenvalue weighted by Crippen LogP contribution is -2.39. The van der Waals surface area contributed by atoms with E-state index in [-0.39, 0.29) is 23.7 Å². The average Bonchev–Trinajstić information content (AvgIpc) is 3.38. The maximum Gasteiger partial charge on any atom is 0.240 e. The second-order valence-electron chi connectivity index (χ2n) is 7.75. The molecule has 0 amide bonds. The van der Waals surface area contributed by atoms with Crippen LogP contribution in [0, 0.1) is 11.3 Å². The van der Waals surface area contributed by atoms with Crippen LogP contribution >= 0.6 is 0 Å². The fraction of sp³-hybridized carbons (Fsp3) is 0.381. The molecule has 0 unspecified atom stereocenters. The molecule has 0 saturated carbocycles. The fourth-order valence-electron chi connectivity index (χ4n) is 3.91. The predicted molar refractivity (Wildman–Crippen MR) is 120 cm³/mol. The average molecular weight is 489 g/mol. The van der Waals surface area contributed by atoms with Gasteiger partial charge in [0.1, 0.15) is 41.9 Å². The van der Waals surface area contributed by atoms with Crippen molar-refractivity contribution >= 4 is 26.9 Å². The Morgan fingerprint density at radius 2 is 2.09 bits per heavy atom. The van der Waals surface area contributed by atoms with Crippen LogP contribution in [-0.2, 0) is 21.2 Å². The van der Waals surface area contributed by atoms with Crippen LogP contribution < -0.4 is 15.2 Å². The van der Waals surface area contributed by atoms with Crippen LogP contribution in [0.25, 0.3) is 11.0 Å². The maximum atomic E-state index is 12.9. The van der Waals surface area contributed by atoms with Crippen molar-refractivity contribution in [3.8, 4) is 11.8 Å². The van der Waals surface area contributed by atoms with E-state index < -0.39 is 34.6 Å². The van der Waals surface area contributed by atoms with Crippen LogP contribution in [0.3, 0.4) is 0 Å². The van der Waals surface area contributed by atoms with E-state index in [0.29, 0.717) is 28.8 Å². The maximum absolute atomic E-state index is 12.9. The van der Waals surface area contributed by atoms with Crippen molar-refractivity contribution in [3.05, 3.63) is 42.4 Å². The van der Waals surface area contributed by atoms with Gasteiger partial charge in [0.15, 0.2) is 6.23 Å². The highest BCUT2D eigenvalue weighted by atomic mass is 32.2. The van der Waals surface area contributed by atoms with Gasteiger partial charge in [0.05, 0.1) is 23.5 Å². The molecule has 0 radical (unpaired) electrons. The summed E-state index contributed by atoms with van der Waals surface area (Å²) in [5.74, 6) is 0.743. The van der Waals surface area contributed by atoms with Gasteiger partial charge in [-0.05, 0) is 36.2 Å². The Morgan fingerprint density at radius 3 is 2.82 bits per heavy atom. The molecule has 2 aromatic heterocycles. The normalized spacial score (nSPS) is 22.6. The van der Waals surface area contributed by atoms with Crippen molar-refractivity contribution in [2.75, 3.05) is 19.4 Å². The van der Waals surface area contributed by atoms with Gasteiger partial charge in [-0.2, -0.15) is 5.26 Å². The number of aromatic nitrogens is 3. The van der Waals surface area contributed by atoms with Gasteiger partial charge in [-0.25, -0.2) is 23.1 Å². The van der Waals surface area contributed by atoms with Crippen LogP contribution in [0.5, 0.6) is 5.75 Å². The lowest BCUT2D eigenvalue weighted by atomic mass is 10.1. The minimum absolute atomic E-state index is 0.0191. The summed E-state index contributed by atoms with van der Waals surface area (Å²) in [6, 6.07) is 8.03. The van der Waals surface area contributed by atoms with E-state index in [1.54, 1.807) is 12.3 Å². The second-order valence-corrected chi connectivity index (χ2v) is 9.52. The minimum atomic E-state index is -3.98. The molecule has 1 saturated heterocycles. The largest absolute Gasteiger partial charge is 0.496 e. The van der Waals surface area contributed by atoms with E-state index in [4.69, 9.17) is 20.5 Å². The van der Waals surface area contributed by atoms with E-state index in [1.807, 2.05) is 6.07 Å². The molecule has 4 atom stereocenters. The number of hydrogen-bond acceptors (Lipinski definition) is 10. The summed E-state index contributed by atoms with van der Waals surface area (Å²) in [6.45, 7) is -0.285. The van der Waals surface area contributed by atoms with E-state index in [0.717, 1.165) is 0 Å². The molecule has 0 aliphatic carbocycles. The third-order valence-corrected chi connectivity index (χ3v) is 7.12. The second kappa shape index (κ2) is 9.53. The number of fused-ring (bicyclic) bond motifs is 1. The van der Waals surface area contributed by atoms with Crippen molar-refractivity contribution in [1.29, 1.82) is 5.26 Å². The number of rotatable bonds is 8. The monoisotopic (exact) mass is 488 g/mol. The summed E-state index contributed by atoms with van der Waals surface area (Å²) in [4.78, 5) is 8.05. The Bertz CT molecular complexity index is 1340. The van der Waals surface area contributed by atoms with Crippen molar-refractivity contribution in [3.63, 3.8) is 0 Å². The van der Waals surface area contributed by atoms with Gasteiger partial charge in [-0.1, -0.05) is 0 Å². The molecule has 13 heteroatoms. The molecule has 0 spiro atoms. The standard InChI is InChI=1S/C21H24N6O6S/c1-32-15-5-4-13(9-12(15)3-2-7-22)34(30,31)26-10-16-17(28)18(29)21(33-16)27-8-6-14-19(23)24-11-25-20(14)27/h4-6,8-9,11,16-18,21,26,28-29H,2-3,10H2,1H3,(H2,23,24,25)/t16-,17-,18-,21-/m1/s1. The number of nitrogens with zero attached hydrogens (tertiary/aromatic N) is 4. The van der Waals surface area contributed by atoms with E-state index >= 15 is 0 Å². The molecule has 12 nitrogen and oxygen atoms in total. The van der Waals surface area contributed by atoms with Gasteiger partial charge >= 0.3 is 0 Å². The van der Waals surface area contributed by atoms with Crippen LogP contribution in [0.4, 0.5) is 5.82 Å². The number of nitrogens with two attached hydrogens (primary N) is 1. The van der Waals surface area contributed by atoms with Gasteiger partial charge in [-0.15, -0.1) is 0 Å². The summed E-state index contributed by atoms with van der Waals surface area (Å²) in [6.07, 6.45) is -1.30. The molecule has 5 N–H and O–H groups in total. The lowest BCUT2D eigenvalue weighted by Gasteiger charge is -2.17. The number of aryl methyl sites for hydroxylation is 1. The third kappa shape index (κ3) is 4.41. The first-order chi connectivity index (χ1) is 16.3. The number of nitriles is 1.